The molecule has 1 saturated carbocycles. The standard InChI is InChI=1S/C14H24N2O3/c17-13(11-1-2-11)16-6-5-15-12-3-7-19-14(9-12)4-8-18-10-14/h11-12,15H,1-10H2,(H,16,17). The van der Waals surface area contributed by atoms with Gasteiger partial charge in [0.05, 0.1) is 12.2 Å². The molecule has 1 amide bonds. The van der Waals surface area contributed by atoms with E-state index in [2.05, 4.69) is 10.6 Å². The van der Waals surface area contributed by atoms with E-state index in [-0.39, 0.29) is 11.5 Å². The van der Waals surface area contributed by atoms with Gasteiger partial charge in [0.1, 0.15) is 0 Å². The van der Waals surface area contributed by atoms with Crippen molar-refractivity contribution in [2.45, 2.75) is 43.7 Å². The Morgan fingerprint density at radius 1 is 1.21 bits per heavy atom. The minimum Gasteiger partial charge on any atom is -0.378 e. The highest BCUT2D eigenvalue weighted by molar-refractivity contribution is 5.80. The van der Waals surface area contributed by atoms with E-state index in [9.17, 15) is 4.79 Å². The maximum Gasteiger partial charge on any atom is 0.223 e. The molecule has 3 rings (SSSR count). The van der Waals surface area contributed by atoms with Gasteiger partial charge >= 0.3 is 0 Å². The molecule has 0 bridgehead atoms. The molecule has 2 N–H and O–H groups in total. The summed E-state index contributed by atoms with van der Waals surface area (Å²) in [5, 5.41) is 6.53. The van der Waals surface area contributed by atoms with Crippen LogP contribution in [0.2, 0.25) is 0 Å². The van der Waals surface area contributed by atoms with Crippen LogP contribution in [0, 0.1) is 5.92 Å². The van der Waals surface area contributed by atoms with E-state index in [1.54, 1.807) is 0 Å². The average Bonchev–Trinajstić information content (AvgIpc) is 3.18. The summed E-state index contributed by atoms with van der Waals surface area (Å²) in [6.45, 7) is 3.96. The molecule has 3 aliphatic rings. The van der Waals surface area contributed by atoms with E-state index < -0.39 is 0 Å². The maximum atomic E-state index is 11.5. The van der Waals surface area contributed by atoms with Gasteiger partial charge in [-0.15, -0.1) is 0 Å². The van der Waals surface area contributed by atoms with Crippen molar-refractivity contribution >= 4 is 5.91 Å². The quantitative estimate of drug-likeness (QED) is 0.710. The molecule has 2 saturated heterocycles. The summed E-state index contributed by atoms with van der Waals surface area (Å²) in [4.78, 5) is 11.5. The number of hydrogen-bond donors (Lipinski definition) is 2. The molecule has 2 aliphatic heterocycles. The van der Waals surface area contributed by atoms with Crippen LogP contribution >= 0.6 is 0 Å². The zero-order valence-electron chi connectivity index (χ0n) is 11.5. The van der Waals surface area contributed by atoms with Crippen molar-refractivity contribution in [3.8, 4) is 0 Å². The summed E-state index contributed by atoms with van der Waals surface area (Å²) in [6.07, 6.45) is 5.25. The molecule has 19 heavy (non-hydrogen) atoms. The molecule has 2 atom stereocenters. The van der Waals surface area contributed by atoms with Crippen molar-refractivity contribution in [3.05, 3.63) is 0 Å². The highest BCUT2D eigenvalue weighted by Crippen LogP contribution is 2.32. The zero-order valence-corrected chi connectivity index (χ0v) is 11.5. The van der Waals surface area contributed by atoms with E-state index in [1.807, 2.05) is 0 Å². The van der Waals surface area contributed by atoms with Crippen LogP contribution in [0.4, 0.5) is 0 Å². The van der Waals surface area contributed by atoms with Crippen LogP contribution in [-0.4, -0.2) is 50.5 Å². The highest BCUT2D eigenvalue weighted by Gasteiger charge is 2.40. The second-order valence-electron chi connectivity index (χ2n) is 6.04. The molecule has 3 fully saturated rings. The molecule has 0 aromatic rings. The number of ether oxygens (including phenoxy) is 2. The van der Waals surface area contributed by atoms with Crippen LogP contribution in [0.1, 0.15) is 32.1 Å². The lowest BCUT2D eigenvalue weighted by molar-refractivity contribution is -0.122. The Morgan fingerprint density at radius 3 is 2.84 bits per heavy atom. The van der Waals surface area contributed by atoms with Gasteiger partial charge in [0.2, 0.25) is 5.91 Å². The Hall–Kier alpha value is -0.650. The molecule has 2 heterocycles. The smallest absolute Gasteiger partial charge is 0.223 e. The fourth-order valence-corrected chi connectivity index (χ4v) is 3.02. The van der Waals surface area contributed by atoms with Gasteiger partial charge in [-0.25, -0.2) is 0 Å². The first-order valence-electron chi connectivity index (χ1n) is 7.50. The summed E-state index contributed by atoms with van der Waals surface area (Å²) in [6, 6.07) is 0.494. The number of carbonyl (C=O) groups excluding carboxylic acids is 1. The van der Waals surface area contributed by atoms with E-state index in [1.165, 1.54) is 0 Å². The number of amides is 1. The zero-order chi connectivity index (χ0) is 13.1. The monoisotopic (exact) mass is 268 g/mol. The third-order valence-corrected chi connectivity index (χ3v) is 4.37. The van der Waals surface area contributed by atoms with Crippen molar-refractivity contribution in [3.63, 3.8) is 0 Å². The Kier molecular flexibility index (Phi) is 4.05. The molecule has 108 valence electrons. The van der Waals surface area contributed by atoms with Crippen molar-refractivity contribution < 1.29 is 14.3 Å². The second-order valence-corrected chi connectivity index (χ2v) is 6.04. The van der Waals surface area contributed by atoms with Crippen LogP contribution < -0.4 is 10.6 Å². The fourth-order valence-electron chi connectivity index (χ4n) is 3.02. The first-order chi connectivity index (χ1) is 9.27. The largest absolute Gasteiger partial charge is 0.378 e. The molecule has 2 unspecified atom stereocenters. The van der Waals surface area contributed by atoms with Gasteiger partial charge < -0.3 is 20.1 Å². The Balaban J connectivity index is 1.34. The third-order valence-electron chi connectivity index (χ3n) is 4.37. The SMILES string of the molecule is O=C(NCCNC1CCOC2(CCOC2)C1)C1CC1. The number of rotatable bonds is 5. The van der Waals surface area contributed by atoms with Crippen molar-refractivity contribution in [2.24, 2.45) is 5.92 Å². The van der Waals surface area contributed by atoms with Gasteiger partial charge in [0.15, 0.2) is 0 Å². The van der Waals surface area contributed by atoms with Crippen LogP contribution in [0.15, 0.2) is 0 Å². The van der Waals surface area contributed by atoms with E-state index in [0.29, 0.717) is 12.0 Å². The molecule has 0 aromatic carbocycles. The molecule has 0 radical (unpaired) electrons. The first-order valence-corrected chi connectivity index (χ1v) is 7.50. The van der Waals surface area contributed by atoms with E-state index in [0.717, 1.165) is 65.0 Å². The summed E-state index contributed by atoms with van der Waals surface area (Å²) < 4.78 is 11.4. The van der Waals surface area contributed by atoms with Crippen molar-refractivity contribution in [2.75, 3.05) is 32.9 Å². The van der Waals surface area contributed by atoms with Crippen LogP contribution in [0.25, 0.3) is 0 Å². The molecule has 1 spiro atoms. The van der Waals surface area contributed by atoms with Gasteiger partial charge in [-0.2, -0.15) is 0 Å². The second kappa shape index (κ2) is 5.77. The lowest BCUT2D eigenvalue weighted by Gasteiger charge is -2.37. The van der Waals surface area contributed by atoms with Gasteiger partial charge in [0, 0.05) is 44.7 Å². The van der Waals surface area contributed by atoms with Gasteiger partial charge in [-0.05, 0) is 25.7 Å². The molecule has 1 aliphatic carbocycles. The van der Waals surface area contributed by atoms with Crippen LogP contribution in [0.3, 0.4) is 0 Å². The minimum absolute atomic E-state index is 0.0345. The lowest BCUT2D eigenvalue weighted by Crippen LogP contribution is -2.48. The van der Waals surface area contributed by atoms with Crippen LogP contribution in [-0.2, 0) is 14.3 Å². The van der Waals surface area contributed by atoms with Gasteiger partial charge in [-0.3, -0.25) is 4.79 Å². The summed E-state index contributed by atoms with van der Waals surface area (Å²) in [5.41, 5.74) is -0.0345. The maximum absolute atomic E-state index is 11.5. The predicted octanol–water partition coefficient (Wildman–Crippen LogP) is 0.440. The number of nitrogens with one attached hydrogen (secondary N) is 2. The Labute approximate surface area is 114 Å². The number of carbonyl (C=O) groups is 1. The van der Waals surface area contributed by atoms with Gasteiger partial charge in [-0.1, -0.05) is 0 Å². The lowest BCUT2D eigenvalue weighted by atomic mass is 9.90. The van der Waals surface area contributed by atoms with E-state index in [4.69, 9.17) is 9.47 Å². The van der Waals surface area contributed by atoms with E-state index >= 15 is 0 Å². The molecular formula is C14H24N2O3. The normalized spacial score (nSPS) is 34.6. The van der Waals surface area contributed by atoms with Crippen LogP contribution in [0.5, 0.6) is 0 Å². The van der Waals surface area contributed by atoms with Gasteiger partial charge in [0.25, 0.3) is 0 Å². The molecule has 0 aromatic heterocycles. The first kappa shape index (κ1) is 13.3. The summed E-state index contributed by atoms with van der Waals surface area (Å²) in [5.74, 6) is 0.538. The highest BCUT2D eigenvalue weighted by atomic mass is 16.6. The fraction of sp³-hybridized carbons (Fsp3) is 0.929. The Bertz CT molecular complexity index is 325. The predicted molar refractivity (Wildman–Crippen MR) is 70.9 cm³/mol. The molecular weight excluding hydrogens is 244 g/mol. The summed E-state index contributed by atoms with van der Waals surface area (Å²) >= 11 is 0. The molecule has 5 heteroatoms. The average molecular weight is 268 g/mol. The van der Waals surface area contributed by atoms with Crippen molar-refractivity contribution in [1.29, 1.82) is 0 Å². The Morgan fingerprint density at radius 2 is 2.11 bits per heavy atom. The minimum atomic E-state index is -0.0345. The number of hydrogen-bond acceptors (Lipinski definition) is 4. The topological polar surface area (TPSA) is 59.6 Å². The molecule has 5 nitrogen and oxygen atoms in total. The van der Waals surface area contributed by atoms with Crippen molar-refractivity contribution in [1.82, 2.24) is 10.6 Å². The summed E-state index contributed by atoms with van der Waals surface area (Å²) in [7, 11) is 0. The third kappa shape index (κ3) is 3.46.